The number of nitrogens with zero attached hydrogens (tertiary/aromatic N) is 3. The Labute approximate surface area is 112 Å². The summed E-state index contributed by atoms with van der Waals surface area (Å²) in [5, 5.41) is 7.92. The highest BCUT2D eigenvalue weighted by atomic mass is 35.5. The molecule has 0 bridgehead atoms. The number of carbonyl (C=O) groups is 2. The van der Waals surface area contributed by atoms with Gasteiger partial charge in [-0.2, -0.15) is 0 Å². The lowest BCUT2D eigenvalue weighted by Gasteiger charge is -2.10. The van der Waals surface area contributed by atoms with Gasteiger partial charge in [-0.25, -0.2) is 14.3 Å². The van der Waals surface area contributed by atoms with Crippen molar-refractivity contribution in [2.24, 2.45) is 0 Å². The van der Waals surface area contributed by atoms with E-state index in [1.165, 1.54) is 4.68 Å². The molecular weight excluding hydrogens is 270 g/mol. The zero-order chi connectivity index (χ0) is 13.7. The van der Waals surface area contributed by atoms with Crippen molar-refractivity contribution in [3.8, 4) is 5.69 Å². The van der Waals surface area contributed by atoms with Crippen molar-refractivity contribution in [1.29, 1.82) is 0 Å². The third kappa shape index (κ3) is 1.64. The summed E-state index contributed by atoms with van der Waals surface area (Å²) in [6, 6.07) is 3.65. The Morgan fingerprint density at radius 1 is 1.21 bits per heavy atom. The number of hydrogen-bond acceptors (Lipinski definition) is 5. The molecule has 0 unspecified atom stereocenters. The van der Waals surface area contributed by atoms with Crippen molar-refractivity contribution in [1.82, 2.24) is 15.0 Å². The molecule has 1 aliphatic heterocycles. The number of ether oxygens (including phenoxy) is 1. The van der Waals surface area contributed by atoms with Gasteiger partial charge in [0.25, 0.3) is 0 Å². The van der Waals surface area contributed by atoms with Crippen molar-refractivity contribution in [3.05, 3.63) is 39.7 Å². The van der Waals surface area contributed by atoms with Gasteiger partial charge in [0.2, 0.25) is 5.69 Å². The lowest BCUT2D eigenvalue weighted by Crippen LogP contribution is -2.10. The number of hydrogen-bond donors (Lipinski definition) is 0. The van der Waals surface area contributed by atoms with Gasteiger partial charge in [0.1, 0.15) is 0 Å². The lowest BCUT2D eigenvalue weighted by molar-refractivity contribution is 0.0434. The SMILES string of the molecule is Cc1cc(C)c(-n2nnc3c2C(=O)OC3=O)c(Cl)c1. The van der Waals surface area contributed by atoms with Gasteiger partial charge in [0.05, 0.1) is 10.7 Å². The quantitative estimate of drug-likeness (QED) is 0.587. The van der Waals surface area contributed by atoms with Crippen LogP contribution in [0.3, 0.4) is 0 Å². The Hall–Kier alpha value is -2.21. The molecule has 1 aromatic carbocycles. The van der Waals surface area contributed by atoms with E-state index < -0.39 is 11.9 Å². The average molecular weight is 278 g/mol. The van der Waals surface area contributed by atoms with E-state index in [1.54, 1.807) is 6.07 Å². The number of fused-ring (bicyclic) bond motifs is 1. The normalized spacial score (nSPS) is 13.6. The summed E-state index contributed by atoms with van der Waals surface area (Å²) >= 11 is 6.19. The van der Waals surface area contributed by atoms with Crippen LogP contribution in [0.5, 0.6) is 0 Å². The number of benzene rings is 1. The van der Waals surface area contributed by atoms with Crippen molar-refractivity contribution in [2.45, 2.75) is 13.8 Å². The number of halogens is 1. The summed E-state index contributed by atoms with van der Waals surface area (Å²) in [5.74, 6) is -1.55. The molecule has 2 heterocycles. The van der Waals surface area contributed by atoms with Crippen molar-refractivity contribution < 1.29 is 14.3 Å². The molecule has 2 aromatic rings. The number of aryl methyl sites for hydroxylation is 2. The molecule has 1 aromatic heterocycles. The van der Waals surface area contributed by atoms with Crippen LogP contribution in [0.2, 0.25) is 5.02 Å². The Bertz CT molecular complexity index is 713. The molecule has 0 atom stereocenters. The first kappa shape index (κ1) is 11.9. The average Bonchev–Trinajstić information content (AvgIpc) is 2.82. The van der Waals surface area contributed by atoms with E-state index >= 15 is 0 Å². The van der Waals surface area contributed by atoms with E-state index in [0.29, 0.717) is 10.7 Å². The van der Waals surface area contributed by atoms with E-state index in [9.17, 15) is 9.59 Å². The molecule has 0 N–H and O–H groups in total. The molecular formula is C12H8ClN3O3. The Morgan fingerprint density at radius 2 is 1.95 bits per heavy atom. The fourth-order valence-corrected chi connectivity index (χ4v) is 2.52. The molecule has 6 nitrogen and oxygen atoms in total. The number of cyclic esters (lactones) is 2. The number of esters is 2. The molecule has 3 rings (SSSR count). The van der Waals surface area contributed by atoms with Gasteiger partial charge in [-0.1, -0.05) is 22.9 Å². The fourth-order valence-electron chi connectivity index (χ4n) is 2.12. The van der Waals surface area contributed by atoms with Crippen LogP contribution < -0.4 is 0 Å². The van der Waals surface area contributed by atoms with Crippen molar-refractivity contribution in [2.75, 3.05) is 0 Å². The first-order valence-electron chi connectivity index (χ1n) is 5.48. The van der Waals surface area contributed by atoms with Gasteiger partial charge >= 0.3 is 11.9 Å². The predicted molar refractivity (Wildman–Crippen MR) is 65.6 cm³/mol. The van der Waals surface area contributed by atoms with E-state index in [1.807, 2.05) is 19.9 Å². The first-order chi connectivity index (χ1) is 8.99. The maximum absolute atomic E-state index is 11.6. The maximum atomic E-state index is 11.6. The molecule has 0 amide bonds. The topological polar surface area (TPSA) is 74.1 Å². The van der Waals surface area contributed by atoms with E-state index in [4.69, 9.17) is 11.6 Å². The molecule has 7 heteroatoms. The van der Waals surface area contributed by atoms with Gasteiger partial charge in [-0.15, -0.1) is 5.10 Å². The smallest absolute Gasteiger partial charge is 0.369 e. The molecule has 0 aliphatic carbocycles. The summed E-state index contributed by atoms with van der Waals surface area (Å²) in [6.07, 6.45) is 0. The van der Waals surface area contributed by atoms with Crippen molar-refractivity contribution >= 4 is 23.5 Å². The molecule has 1 aliphatic rings. The first-order valence-corrected chi connectivity index (χ1v) is 5.86. The number of rotatable bonds is 1. The minimum absolute atomic E-state index is 0.0128. The van der Waals surface area contributed by atoms with Crippen LogP contribution in [-0.2, 0) is 4.74 Å². The van der Waals surface area contributed by atoms with E-state index in [2.05, 4.69) is 15.0 Å². The maximum Gasteiger partial charge on any atom is 0.369 e. The standard InChI is InChI=1S/C12H8ClN3O3/c1-5-3-6(2)9(7(13)4-5)16-10-8(14-15-16)11(17)19-12(10)18/h3-4H,1-2H3. The van der Waals surface area contributed by atoms with Crippen LogP contribution in [0.25, 0.3) is 5.69 Å². The molecule has 0 saturated carbocycles. The van der Waals surface area contributed by atoms with E-state index in [-0.39, 0.29) is 11.4 Å². The summed E-state index contributed by atoms with van der Waals surface area (Å²) < 4.78 is 5.74. The summed E-state index contributed by atoms with van der Waals surface area (Å²) in [7, 11) is 0. The monoisotopic (exact) mass is 277 g/mol. The van der Waals surface area contributed by atoms with Gasteiger partial charge in [0, 0.05) is 0 Å². The highest BCUT2D eigenvalue weighted by molar-refractivity contribution is 6.32. The largest absolute Gasteiger partial charge is 0.383 e. The molecule has 0 saturated heterocycles. The third-order valence-corrected chi connectivity index (χ3v) is 3.14. The minimum Gasteiger partial charge on any atom is -0.383 e. The van der Waals surface area contributed by atoms with Crippen LogP contribution in [0.1, 0.15) is 32.1 Å². The molecule has 0 radical (unpaired) electrons. The van der Waals surface area contributed by atoms with Gasteiger partial charge in [0.15, 0.2) is 5.69 Å². The van der Waals surface area contributed by atoms with Gasteiger partial charge in [-0.3, -0.25) is 0 Å². The zero-order valence-corrected chi connectivity index (χ0v) is 10.9. The predicted octanol–water partition coefficient (Wildman–Crippen LogP) is 1.85. The summed E-state index contributed by atoms with van der Waals surface area (Å²) in [6.45, 7) is 3.75. The second-order valence-electron chi connectivity index (χ2n) is 4.29. The number of carbonyl (C=O) groups excluding carboxylic acids is 2. The molecule has 19 heavy (non-hydrogen) atoms. The van der Waals surface area contributed by atoms with E-state index in [0.717, 1.165) is 11.1 Å². The minimum atomic E-state index is -0.785. The molecule has 0 fully saturated rings. The second-order valence-corrected chi connectivity index (χ2v) is 4.69. The van der Waals surface area contributed by atoms with Crippen molar-refractivity contribution in [3.63, 3.8) is 0 Å². The third-order valence-electron chi connectivity index (χ3n) is 2.85. The Balaban J connectivity index is 2.29. The lowest BCUT2D eigenvalue weighted by atomic mass is 10.1. The zero-order valence-electron chi connectivity index (χ0n) is 10.1. The summed E-state index contributed by atoms with van der Waals surface area (Å²) in [4.78, 5) is 23.0. The highest BCUT2D eigenvalue weighted by Gasteiger charge is 2.37. The van der Waals surface area contributed by atoms with Crippen LogP contribution in [0.15, 0.2) is 12.1 Å². The van der Waals surface area contributed by atoms with Crippen LogP contribution >= 0.6 is 11.6 Å². The fraction of sp³-hybridized carbons (Fsp3) is 0.167. The van der Waals surface area contributed by atoms with Crippen LogP contribution in [0.4, 0.5) is 0 Å². The van der Waals surface area contributed by atoms with Crippen LogP contribution in [0, 0.1) is 13.8 Å². The Morgan fingerprint density at radius 3 is 2.63 bits per heavy atom. The van der Waals surface area contributed by atoms with Gasteiger partial charge < -0.3 is 4.74 Å². The van der Waals surface area contributed by atoms with Crippen LogP contribution in [-0.4, -0.2) is 26.9 Å². The van der Waals surface area contributed by atoms with Gasteiger partial charge in [-0.05, 0) is 31.0 Å². The number of aromatic nitrogens is 3. The molecule has 96 valence electrons. The Kier molecular flexibility index (Phi) is 2.43. The second kappa shape index (κ2) is 3.89. The highest BCUT2D eigenvalue weighted by Crippen LogP contribution is 2.29. The molecule has 0 spiro atoms. The summed E-state index contributed by atoms with van der Waals surface area (Å²) in [5.41, 5.74) is 2.26.